The molecule has 3 N–H and O–H groups in total. The van der Waals surface area contributed by atoms with Crippen molar-refractivity contribution in [3.8, 4) is 0 Å². The van der Waals surface area contributed by atoms with Crippen LogP contribution in [0.15, 0.2) is 54.7 Å². The molecule has 35 heavy (non-hydrogen) atoms. The molecule has 0 spiro atoms. The number of benzene rings is 2. The maximum absolute atomic E-state index is 12.4. The zero-order chi connectivity index (χ0) is 24.9. The lowest BCUT2D eigenvalue weighted by atomic mass is 10.2. The summed E-state index contributed by atoms with van der Waals surface area (Å²) in [6, 6.07) is 13.1. The van der Waals surface area contributed by atoms with Crippen molar-refractivity contribution in [1.82, 2.24) is 9.97 Å². The number of aromatic nitrogens is 2. The molecule has 0 radical (unpaired) electrons. The molecule has 1 aliphatic rings. The predicted molar refractivity (Wildman–Crippen MR) is 133 cm³/mol. The number of fused-ring (bicyclic) bond motifs is 1. The Morgan fingerprint density at radius 2 is 1.74 bits per heavy atom. The molecule has 0 saturated carbocycles. The van der Waals surface area contributed by atoms with E-state index in [1.807, 2.05) is 0 Å². The van der Waals surface area contributed by atoms with Crippen molar-refractivity contribution < 1.29 is 19.1 Å². The number of nitrogens with one attached hydrogen (secondary N) is 3. The molecule has 4 rings (SSSR count). The van der Waals surface area contributed by atoms with Crippen LogP contribution in [0.4, 0.5) is 39.3 Å². The van der Waals surface area contributed by atoms with Crippen LogP contribution in [0.2, 0.25) is 0 Å². The van der Waals surface area contributed by atoms with E-state index in [-0.39, 0.29) is 19.1 Å². The average Bonchev–Trinajstić information content (AvgIpc) is 2.84. The Labute approximate surface area is 202 Å². The van der Waals surface area contributed by atoms with Gasteiger partial charge in [0.15, 0.2) is 5.82 Å². The summed E-state index contributed by atoms with van der Waals surface area (Å²) in [6.07, 6.45) is 1.61. The standard InChI is InChI=1S/C24H25N7O4/c1-4-35-22(33)15-6-5-7-18(12-15)28-24(34)27-17-10-8-16(9-11-17)26-23-25-13-19-21(29-23)30(2)14-20(32)31(19)3/h5-13H,4,14H2,1-3H3,(H,25,26,29)(H2,27,28,34). The van der Waals surface area contributed by atoms with Crippen LogP contribution in [-0.2, 0) is 9.53 Å². The number of rotatable bonds is 6. The smallest absolute Gasteiger partial charge is 0.338 e. The van der Waals surface area contributed by atoms with Gasteiger partial charge in [0.25, 0.3) is 0 Å². The van der Waals surface area contributed by atoms with Gasteiger partial charge in [-0.3, -0.25) is 4.79 Å². The fourth-order valence-electron chi connectivity index (χ4n) is 3.46. The Morgan fingerprint density at radius 1 is 1.03 bits per heavy atom. The number of urea groups is 1. The topological polar surface area (TPSA) is 129 Å². The highest BCUT2D eigenvalue weighted by Gasteiger charge is 2.26. The number of carbonyl (C=O) groups excluding carboxylic acids is 3. The van der Waals surface area contributed by atoms with Crippen molar-refractivity contribution >= 4 is 52.4 Å². The first-order valence-corrected chi connectivity index (χ1v) is 10.9. The van der Waals surface area contributed by atoms with Crippen LogP contribution < -0.4 is 25.8 Å². The molecule has 11 heteroatoms. The highest BCUT2D eigenvalue weighted by molar-refractivity contribution is 6.02. The van der Waals surface area contributed by atoms with Crippen LogP contribution in [-0.4, -0.2) is 55.1 Å². The lowest BCUT2D eigenvalue weighted by Gasteiger charge is -2.31. The Morgan fingerprint density at radius 3 is 2.49 bits per heavy atom. The lowest BCUT2D eigenvalue weighted by Crippen LogP contribution is -2.42. The maximum Gasteiger partial charge on any atom is 0.338 e. The van der Waals surface area contributed by atoms with E-state index in [1.165, 1.54) is 4.90 Å². The summed E-state index contributed by atoms with van der Waals surface area (Å²) in [5.74, 6) is 0.572. The van der Waals surface area contributed by atoms with E-state index >= 15 is 0 Å². The second kappa shape index (κ2) is 10.1. The van der Waals surface area contributed by atoms with Gasteiger partial charge in [-0.05, 0) is 49.4 Å². The molecule has 0 bridgehead atoms. The SMILES string of the molecule is CCOC(=O)c1cccc(NC(=O)Nc2ccc(Nc3ncc4c(n3)N(C)CC(=O)N4C)cc2)c1. The van der Waals surface area contributed by atoms with E-state index in [2.05, 4.69) is 25.9 Å². The maximum atomic E-state index is 12.4. The van der Waals surface area contributed by atoms with Gasteiger partial charge < -0.3 is 30.5 Å². The molecule has 180 valence electrons. The molecule has 0 atom stereocenters. The van der Waals surface area contributed by atoms with Crippen molar-refractivity contribution in [1.29, 1.82) is 0 Å². The summed E-state index contributed by atoms with van der Waals surface area (Å²) in [6.45, 7) is 2.25. The second-order valence-corrected chi connectivity index (χ2v) is 7.79. The number of ether oxygens (including phenoxy) is 1. The van der Waals surface area contributed by atoms with Gasteiger partial charge in [0.05, 0.1) is 24.9 Å². The predicted octanol–water partition coefficient (Wildman–Crippen LogP) is 3.45. The van der Waals surface area contributed by atoms with E-state index in [0.717, 1.165) is 5.69 Å². The second-order valence-electron chi connectivity index (χ2n) is 7.79. The first kappa shape index (κ1) is 23.5. The summed E-state index contributed by atoms with van der Waals surface area (Å²) in [5.41, 5.74) is 2.76. The Hall–Kier alpha value is -4.67. The molecule has 11 nitrogen and oxygen atoms in total. The summed E-state index contributed by atoms with van der Waals surface area (Å²) < 4.78 is 4.98. The highest BCUT2D eigenvalue weighted by atomic mass is 16.5. The number of hydrogen-bond acceptors (Lipinski definition) is 8. The third kappa shape index (κ3) is 5.46. The molecule has 0 unspecified atom stereocenters. The van der Waals surface area contributed by atoms with Crippen LogP contribution >= 0.6 is 0 Å². The minimum Gasteiger partial charge on any atom is -0.462 e. The summed E-state index contributed by atoms with van der Waals surface area (Å²) in [7, 11) is 3.50. The van der Waals surface area contributed by atoms with Gasteiger partial charge in [-0.15, -0.1) is 0 Å². The van der Waals surface area contributed by atoms with E-state index in [9.17, 15) is 14.4 Å². The minimum atomic E-state index is -0.452. The van der Waals surface area contributed by atoms with Gasteiger partial charge in [0.2, 0.25) is 11.9 Å². The van der Waals surface area contributed by atoms with Crippen LogP contribution in [0.1, 0.15) is 17.3 Å². The lowest BCUT2D eigenvalue weighted by molar-refractivity contribution is -0.117. The third-order valence-electron chi connectivity index (χ3n) is 5.25. The molecular formula is C24H25N7O4. The Kier molecular flexibility index (Phi) is 6.76. The number of nitrogens with zero attached hydrogens (tertiary/aromatic N) is 4. The number of hydrogen-bond donors (Lipinski definition) is 3. The van der Waals surface area contributed by atoms with Gasteiger partial charge in [-0.2, -0.15) is 4.98 Å². The molecule has 0 aliphatic carbocycles. The van der Waals surface area contributed by atoms with E-state index in [0.29, 0.717) is 34.4 Å². The Balaban J connectivity index is 1.37. The van der Waals surface area contributed by atoms with Crippen molar-refractivity contribution in [2.45, 2.75) is 6.92 Å². The van der Waals surface area contributed by atoms with E-state index in [4.69, 9.17) is 4.74 Å². The van der Waals surface area contributed by atoms with Gasteiger partial charge in [-0.25, -0.2) is 14.6 Å². The number of anilines is 6. The van der Waals surface area contributed by atoms with Crippen LogP contribution in [0, 0.1) is 0 Å². The molecule has 0 fully saturated rings. The van der Waals surface area contributed by atoms with Crippen LogP contribution in [0.5, 0.6) is 0 Å². The molecule has 1 aromatic heterocycles. The number of esters is 1. The first-order valence-electron chi connectivity index (χ1n) is 10.9. The molecule has 2 heterocycles. The minimum absolute atomic E-state index is 0.0249. The van der Waals surface area contributed by atoms with Gasteiger partial charge in [-0.1, -0.05) is 6.07 Å². The fourth-order valence-corrected chi connectivity index (χ4v) is 3.46. The number of amides is 3. The zero-order valence-electron chi connectivity index (χ0n) is 19.5. The summed E-state index contributed by atoms with van der Waals surface area (Å²) in [5, 5.41) is 8.56. The summed E-state index contributed by atoms with van der Waals surface area (Å²) >= 11 is 0. The molecule has 0 saturated heterocycles. The van der Waals surface area contributed by atoms with E-state index in [1.54, 1.807) is 80.6 Å². The average molecular weight is 476 g/mol. The quantitative estimate of drug-likeness (QED) is 0.463. The highest BCUT2D eigenvalue weighted by Crippen LogP contribution is 2.30. The van der Waals surface area contributed by atoms with Crippen molar-refractivity contribution in [3.05, 3.63) is 60.3 Å². The molecule has 3 amide bonds. The third-order valence-corrected chi connectivity index (χ3v) is 5.25. The van der Waals surface area contributed by atoms with E-state index < -0.39 is 12.0 Å². The van der Waals surface area contributed by atoms with Gasteiger partial charge in [0, 0.05) is 31.2 Å². The van der Waals surface area contributed by atoms with Crippen molar-refractivity contribution in [2.75, 3.05) is 53.0 Å². The molecular weight excluding hydrogens is 450 g/mol. The zero-order valence-corrected chi connectivity index (χ0v) is 19.5. The monoisotopic (exact) mass is 475 g/mol. The Bertz CT molecular complexity index is 1260. The molecule has 3 aromatic rings. The largest absolute Gasteiger partial charge is 0.462 e. The van der Waals surface area contributed by atoms with Crippen LogP contribution in [0.3, 0.4) is 0 Å². The molecule has 1 aliphatic heterocycles. The molecule has 2 aromatic carbocycles. The van der Waals surface area contributed by atoms with Crippen molar-refractivity contribution in [3.63, 3.8) is 0 Å². The number of carbonyl (C=O) groups is 3. The fraction of sp³-hybridized carbons (Fsp3) is 0.208. The van der Waals surface area contributed by atoms with Crippen molar-refractivity contribution in [2.24, 2.45) is 0 Å². The van der Waals surface area contributed by atoms with Crippen LogP contribution in [0.25, 0.3) is 0 Å². The first-order chi connectivity index (χ1) is 16.8. The number of likely N-dealkylation sites (N-methyl/N-ethyl adjacent to an activating group) is 2. The normalized spacial score (nSPS) is 12.6. The van der Waals surface area contributed by atoms with Gasteiger partial charge >= 0.3 is 12.0 Å². The summed E-state index contributed by atoms with van der Waals surface area (Å²) in [4.78, 5) is 48.4. The van der Waals surface area contributed by atoms with Gasteiger partial charge in [0.1, 0.15) is 5.69 Å².